The number of benzene rings is 2. The van der Waals surface area contributed by atoms with Gasteiger partial charge in [0.2, 0.25) is 5.91 Å². The summed E-state index contributed by atoms with van der Waals surface area (Å²) in [6, 6.07) is 12.1. The third-order valence-corrected chi connectivity index (χ3v) is 4.24. The highest BCUT2D eigenvalue weighted by molar-refractivity contribution is 6.01. The van der Waals surface area contributed by atoms with Crippen molar-refractivity contribution in [2.75, 3.05) is 12.4 Å². The predicted octanol–water partition coefficient (Wildman–Crippen LogP) is 2.75. The number of hydrogen-bond acceptors (Lipinski definition) is 4. The highest BCUT2D eigenvalue weighted by Crippen LogP contribution is 2.28. The van der Waals surface area contributed by atoms with E-state index < -0.39 is 5.97 Å². The summed E-state index contributed by atoms with van der Waals surface area (Å²) < 4.78 is 4.81. The van der Waals surface area contributed by atoms with Gasteiger partial charge in [0.15, 0.2) is 0 Å². The van der Waals surface area contributed by atoms with Crippen LogP contribution in [0, 0.1) is 0 Å². The number of fused-ring (bicyclic) bond motifs is 1. The fourth-order valence-corrected chi connectivity index (χ4v) is 2.97. The largest absolute Gasteiger partial charge is 0.465 e. The number of methoxy groups -OCH3 is 1. The van der Waals surface area contributed by atoms with Gasteiger partial charge in [-0.1, -0.05) is 24.8 Å². The van der Waals surface area contributed by atoms with Crippen molar-refractivity contribution in [1.29, 1.82) is 0 Å². The van der Waals surface area contributed by atoms with Crippen molar-refractivity contribution < 1.29 is 19.1 Å². The number of amides is 2. The van der Waals surface area contributed by atoms with Gasteiger partial charge in [0.05, 0.1) is 12.7 Å². The molecule has 2 amide bonds. The van der Waals surface area contributed by atoms with Crippen LogP contribution in [0.2, 0.25) is 0 Å². The maximum Gasteiger partial charge on any atom is 0.338 e. The van der Waals surface area contributed by atoms with Gasteiger partial charge in [0, 0.05) is 24.3 Å². The number of esters is 1. The van der Waals surface area contributed by atoms with Crippen molar-refractivity contribution in [3.8, 4) is 0 Å². The van der Waals surface area contributed by atoms with E-state index in [0.717, 1.165) is 11.1 Å². The SMILES string of the molecule is C=CC(=O)Nc1cccc(C(=O)N2Cc3cccc(C(=O)OC)c3C2)c1. The molecule has 0 aromatic heterocycles. The first-order valence-corrected chi connectivity index (χ1v) is 8.05. The van der Waals surface area contributed by atoms with E-state index in [1.807, 2.05) is 6.07 Å². The lowest BCUT2D eigenvalue weighted by atomic mass is 10.0. The first kappa shape index (κ1) is 17.4. The molecular weight excluding hydrogens is 332 g/mol. The Morgan fingerprint density at radius 1 is 1.15 bits per heavy atom. The quantitative estimate of drug-likeness (QED) is 0.680. The highest BCUT2D eigenvalue weighted by Gasteiger charge is 2.28. The monoisotopic (exact) mass is 350 g/mol. The minimum atomic E-state index is -0.412. The summed E-state index contributed by atoms with van der Waals surface area (Å²) >= 11 is 0. The van der Waals surface area contributed by atoms with Crippen LogP contribution >= 0.6 is 0 Å². The van der Waals surface area contributed by atoms with Gasteiger partial charge < -0.3 is 15.0 Å². The Kier molecular flexibility index (Phi) is 4.84. The van der Waals surface area contributed by atoms with Crippen LogP contribution in [0.15, 0.2) is 55.1 Å². The molecule has 6 heteroatoms. The molecule has 1 aliphatic heterocycles. The van der Waals surface area contributed by atoms with E-state index in [-0.39, 0.29) is 11.8 Å². The summed E-state index contributed by atoms with van der Waals surface area (Å²) in [5.74, 6) is -0.928. The lowest BCUT2D eigenvalue weighted by Crippen LogP contribution is -2.25. The topological polar surface area (TPSA) is 75.7 Å². The number of nitrogens with one attached hydrogen (secondary N) is 1. The molecular formula is C20H18N2O4. The Labute approximate surface area is 151 Å². The summed E-state index contributed by atoms with van der Waals surface area (Å²) in [7, 11) is 1.34. The first-order valence-electron chi connectivity index (χ1n) is 8.05. The van der Waals surface area contributed by atoms with Crippen molar-refractivity contribution in [2.24, 2.45) is 0 Å². The Morgan fingerprint density at radius 2 is 1.92 bits per heavy atom. The van der Waals surface area contributed by atoms with E-state index in [9.17, 15) is 14.4 Å². The molecule has 1 N–H and O–H groups in total. The molecule has 1 heterocycles. The number of nitrogens with zero attached hydrogens (tertiary/aromatic N) is 1. The van der Waals surface area contributed by atoms with Crippen molar-refractivity contribution >= 4 is 23.5 Å². The second-order valence-electron chi connectivity index (χ2n) is 5.87. The molecule has 0 bridgehead atoms. The maximum absolute atomic E-state index is 12.9. The van der Waals surface area contributed by atoms with Gasteiger partial charge in [-0.2, -0.15) is 0 Å². The zero-order chi connectivity index (χ0) is 18.7. The average molecular weight is 350 g/mol. The molecule has 6 nitrogen and oxygen atoms in total. The molecule has 0 fully saturated rings. The Balaban J connectivity index is 1.82. The van der Waals surface area contributed by atoms with Gasteiger partial charge in [-0.3, -0.25) is 9.59 Å². The number of ether oxygens (including phenoxy) is 1. The standard InChI is InChI=1S/C20H18N2O4/c1-3-18(23)21-15-8-4-6-13(10-15)19(24)22-11-14-7-5-9-16(17(14)12-22)20(25)26-2/h3-10H,1,11-12H2,2H3,(H,21,23). The van der Waals surface area contributed by atoms with Crippen molar-refractivity contribution in [3.63, 3.8) is 0 Å². The van der Waals surface area contributed by atoms with Crippen LogP contribution < -0.4 is 5.32 Å². The van der Waals surface area contributed by atoms with Gasteiger partial charge in [-0.15, -0.1) is 0 Å². The van der Waals surface area contributed by atoms with Crippen LogP contribution in [0.1, 0.15) is 31.8 Å². The fourth-order valence-electron chi connectivity index (χ4n) is 2.97. The molecule has 0 saturated carbocycles. The van der Waals surface area contributed by atoms with Crippen LogP contribution in [0.5, 0.6) is 0 Å². The number of hydrogen-bond donors (Lipinski definition) is 1. The molecule has 3 rings (SSSR count). The molecule has 0 aliphatic carbocycles. The van der Waals surface area contributed by atoms with Crippen LogP contribution in [-0.2, 0) is 22.6 Å². The van der Waals surface area contributed by atoms with Crippen LogP contribution in [-0.4, -0.2) is 29.8 Å². The second kappa shape index (κ2) is 7.23. The average Bonchev–Trinajstić information content (AvgIpc) is 3.11. The van der Waals surface area contributed by atoms with E-state index in [4.69, 9.17) is 4.74 Å². The Morgan fingerprint density at radius 3 is 2.65 bits per heavy atom. The fraction of sp³-hybridized carbons (Fsp3) is 0.150. The molecule has 2 aromatic rings. The molecule has 0 radical (unpaired) electrons. The first-order chi connectivity index (χ1) is 12.5. The summed E-state index contributed by atoms with van der Waals surface area (Å²) in [5.41, 5.74) is 3.19. The second-order valence-corrected chi connectivity index (χ2v) is 5.87. The molecule has 0 spiro atoms. The van der Waals surface area contributed by atoms with Crippen molar-refractivity contribution in [1.82, 2.24) is 4.90 Å². The van der Waals surface area contributed by atoms with Crippen molar-refractivity contribution in [2.45, 2.75) is 13.1 Å². The minimum absolute atomic E-state index is 0.174. The molecule has 1 aliphatic rings. The number of carbonyl (C=O) groups excluding carboxylic acids is 3. The van der Waals surface area contributed by atoms with Crippen LogP contribution in [0.25, 0.3) is 0 Å². The normalized spacial score (nSPS) is 12.3. The maximum atomic E-state index is 12.9. The molecule has 26 heavy (non-hydrogen) atoms. The van der Waals surface area contributed by atoms with Gasteiger partial charge >= 0.3 is 5.97 Å². The van der Waals surface area contributed by atoms with E-state index in [1.165, 1.54) is 13.2 Å². The summed E-state index contributed by atoms with van der Waals surface area (Å²) in [4.78, 5) is 37.9. The van der Waals surface area contributed by atoms with Gasteiger partial charge in [-0.05, 0) is 41.5 Å². The number of anilines is 1. The van der Waals surface area contributed by atoms with Crippen molar-refractivity contribution in [3.05, 3.63) is 77.4 Å². The van der Waals surface area contributed by atoms with Gasteiger partial charge in [-0.25, -0.2) is 4.79 Å². The Bertz CT molecular complexity index is 904. The van der Waals surface area contributed by atoms with Crippen LogP contribution in [0.4, 0.5) is 5.69 Å². The molecule has 0 saturated heterocycles. The summed E-state index contributed by atoms with van der Waals surface area (Å²) in [5, 5.41) is 2.64. The summed E-state index contributed by atoms with van der Waals surface area (Å²) in [6.07, 6.45) is 1.17. The third kappa shape index (κ3) is 3.35. The minimum Gasteiger partial charge on any atom is -0.465 e. The molecule has 132 valence electrons. The summed E-state index contributed by atoms with van der Waals surface area (Å²) in [6.45, 7) is 4.16. The zero-order valence-electron chi connectivity index (χ0n) is 14.3. The highest BCUT2D eigenvalue weighted by atomic mass is 16.5. The lowest BCUT2D eigenvalue weighted by Gasteiger charge is -2.16. The Hall–Kier alpha value is -3.41. The van der Waals surface area contributed by atoms with Crippen LogP contribution in [0.3, 0.4) is 0 Å². The smallest absolute Gasteiger partial charge is 0.338 e. The molecule has 0 atom stereocenters. The van der Waals surface area contributed by atoms with Gasteiger partial charge in [0.25, 0.3) is 5.91 Å². The molecule has 0 unspecified atom stereocenters. The van der Waals surface area contributed by atoms with E-state index in [0.29, 0.717) is 29.9 Å². The predicted molar refractivity (Wildman–Crippen MR) is 96.6 cm³/mol. The van der Waals surface area contributed by atoms with E-state index in [2.05, 4.69) is 11.9 Å². The van der Waals surface area contributed by atoms with E-state index in [1.54, 1.807) is 41.3 Å². The number of rotatable bonds is 4. The zero-order valence-corrected chi connectivity index (χ0v) is 14.3. The van der Waals surface area contributed by atoms with Gasteiger partial charge in [0.1, 0.15) is 0 Å². The number of carbonyl (C=O) groups is 3. The molecule has 2 aromatic carbocycles. The lowest BCUT2D eigenvalue weighted by molar-refractivity contribution is -0.111. The van der Waals surface area contributed by atoms with E-state index >= 15 is 0 Å². The third-order valence-electron chi connectivity index (χ3n) is 4.24.